The largest absolute Gasteiger partial charge is 0.457 e. The Bertz CT molecular complexity index is 1860. The van der Waals surface area contributed by atoms with Crippen LogP contribution in [0.25, 0.3) is 16.9 Å². The van der Waals surface area contributed by atoms with E-state index in [2.05, 4.69) is 14.9 Å². The fourth-order valence-electron chi connectivity index (χ4n) is 7.24. The van der Waals surface area contributed by atoms with Crippen molar-refractivity contribution < 1.29 is 23.0 Å². The van der Waals surface area contributed by atoms with Gasteiger partial charge in [0.05, 0.1) is 12.2 Å². The summed E-state index contributed by atoms with van der Waals surface area (Å²) in [6, 6.07) is 14.9. The van der Waals surface area contributed by atoms with E-state index in [1.54, 1.807) is 29.2 Å². The average molecular weight is 677 g/mol. The van der Waals surface area contributed by atoms with Gasteiger partial charge in [-0.05, 0) is 76.4 Å². The third-order valence-corrected chi connectivity index (χ3v) is 9.70. The molecule has 0 spiro atoms. The molecule has 260 valence electrons. The van der Waals surface area contributed by atoms with E-state index in [9.17, 15) is 9.59 Å². The van der Waals surface area contributed by atoms with Gasteiger partial charge in [0.15, 0.2) is 11.5 Å². The topological polar surface area (TPSA) is 124 Å². The summed E-state index contributed by atoms with van der Waals surface area (Å²) < 4.78 is 46.1. The number of imidazole rings is 1. The highest BCUT2D eigenvalue weighted by molar-refractivity contribution is 5.84. The number of anilines is 1. The minimum absolute atomic E-state index is 0.0118. The van der Waals surface area contributed by atoms with Gasteiger partial charge in [0.1, 0.15) is 35.0 Å². The van der Waals surface area contributed by atoms with Crippen molar-refractivity contribution in [2.24, 2.45) is 0 Å². The maximum Gasteiger partial charge on any atom is 0.410 e. The van der Waals surface area contributed by atoms with Crippen molar-refractivity contribution in [3.05, 3.63) is 71.4 Å². The molecule has 2 aromatic heterocycles. The first-order valence-corrected chi connectivity index (χ1v) is 16.8. The van der Waals surface area contributed by atoms with Gasteiger partial charge in [-0.15, -0.1) is 0 Å². The van der Waals surface area contributed by atoms with Gasteiger partial charge in [-0.2, -0.15) is 0 Å². The quantitative estimate of drug-likeness (QED) is 0.303. The lowest BCUT2D eigenvalue weighted by Gasteiger charge is -2.49. The maximum atomic E-state index is 16.2. The number of ether oxygens (including phenoxy) is 2. The Balaban J connectivity index is 1.04. The van der Waals surface area contributed by atoms with Crippen molar-refractivity contribution in [1.82, 2.24) is 33.8 Å². The van der Waals surface area contributed by atoms with Gasteiger partial charge < -0.3 is 20.1 Å². The van der Waals surface area contributed by atoms with E-state index in [1.807, 2.05) is 56.0 Å². The summed E-state index contributed by atoms with van der Waals surface area (Å²) in [7, 11) is 0. The van der Waals surface area contributed by atoms with Crippen LogP contribution < -0.4 is 16.2 Å². The highest BCUT2D eigenvalue weighted by Gasteiger charge is 2.49. The third-order valence-electron chi connectivity index (χ3n) is 9.70. The number of aromatic nitrogens is 4. The summed E-state index contributed by atoms with van der Waals surface area (Å²) in [5.41, 5.74) is 5.77. The van der Waals surface area contributed by atoms with Crippen molar-refractivity contribution in [2.75, 3.05) is 45.0 Å². The van der Waals surface area contributed by atoms with E-state index in [4.69, 9.17) is 15.2 Å². The highest BCUT2D eigenvalue weighted by Crippen LogP contribution is 2.40. The van der Waals surface area contributed by atoms with Gasteiger partial charge in [-0.3, -0.25) is 18.9 Å². The second kappa shape index (κ2) is 12.7. The Morgan fingerprint density at radius 1 is 0.898 bits per heavy atom. The number of nitrogen functional groups attached to an aromatic ring is 1. The molecule has 14 heteroatoms. The molecular weight excluding hydrogens is 634 g/mol. The summed E-state index contributed by atoms with van der Waals surface area (Å²) in [4.78, 5) is 40.7. The normalized spacial score (nSPS) is 21.1. The number of carbonyl (C=O) groups excluding carboxylic acids is 1. The number of benzene rings is 2. The van der Waals surface area contributed by atoms with Crippen LogP contribution in [-0.4, -0.2) is 103 Å². The molecule has 12 nitrogen and oxygen atoms in total. The van der Waals surface area contributed by atoms with Gasteiger partial charge >= 0.3 is 11.8 Å². The van der Waals surface area contributed by atoms with Gasteiger partial charge in [-0.25, -0.2) is 28.3 Å². The molecule has 3 fully saturated rings. The molecule has 0 radical (unpaired) electrons. The lowest BCUT2D eigenvalue weighted by atomic mass is 9.94. The number of likely N-dealkylation sites (tertiary alicyclic amines) is 3. The number of hydrogen-bond donors (Lipinski definition) is 1. The number of hydrogen-bond acceptors (Lipinski definition) is 9. The van der Waals surface area contributed by atoms with Crippen LogP contribution in [0.1, 0.15) is 46.1 Å². The standard InChI is InChI=1S/C35H42F2N8O4/c1-34(2,3)49-33(47)43-19-25(20-43)41-16-13-23(14-17-41)42-18-15-28(35(36,37)21-42)45-31-29(30(38)39-22-40-31)44(32(45)46)24-9-11-27(12-10-24)48-26-7-5-4-6-8-26/h4-12,22-23,25,28H,13-21H2,1-3H3,(H2,38,39,40)/t28-/m0/s1. The van der Waals surface area contributed by atoms with Gasteiger partial charge in [0, 0.05) is 44.8 Å². The Morgan fingerprint density at radius 3 is 2.20 bits per heavy atom. The Hall–Kier alpha value is -4.56. The van der Waals surface area contributed by atoms with Crippen molar-refractivity contribution in [3.63, 3.8) is 0 Å². The molecule has 49 heavy (non-hydrogen) atoms. The molecule has 0 saturated carbocycles. The molecule has 2 N–H and O–H groups in total. The minimum Gasteiger partial charge on any atom is -0.457 e. The zero-order valence-corrected chi connectivity index (χ0v) is 28.0. The SMILES string of the molecule is CC(C)(C)OC(=O)N1CC(N2CCC(N3CC[C@H](n4c(=O)n(-c5ccc(Oc6ccccc6)cc5)c5c(N)ncnc54)C(F)(F)C3)CC2)C1. The molecule has 4 aromatic rings. The number of carbonyl (C=O) groups is 1. The van der Waals surface area contributed by atoms with E-state index < -0.39 is 29.8 Å². The van der Waals surface area contributed by atoms with Crippen LogP contribution in [-0.2, 0) is 4.74 Å². The molecule has 3 aliphatic heterocycles. The number of rotatable bonds is 6. The predicted octanol–water partition coefficient (Wildman–Crippen LogP) is 4.92. The molecule has 1 atom stereocenters. The summed E-state index contributed by atoms with van der Waals surface area (Å²) in [5.74, 6) is -1.96. The highest BCUT2D eigenvalue weighted by atomic mass is 19.3. The van der Waals surface area contributed by atoms with Gasteiger partial charge in [0.25, 0.3) is 5.92 Å². The summed E-state index contributed by atoms with van der Waals surface area (Å²) in [6.07, 6.45) is 2.50. The first kappa shape index (κ1) is 33.0. The van der Waals surface area contributed by atoms with Crippen molar-refractivity contribution in [2.45, 2.75) is 69.7 Å². The van der Waals surface area contributed by atoms with E-state index in [0.717, 1.165) is 30.5 Å². The van der Waals surface area contributed by atoms with Crippen LogP contribution in [0.15, 0.2) is 65.7 Å². The number of nitrogens with zero attached hydrogens (tertiary/aromatic N) is 7. The second-order valence-electron chi connectivity index (χ2n) is 14.2. The van der Waals surface area contributed by atoms with Crippen LogP contribution in [0.4, 0.5) is 19.4 Å². The Labute approximate surface area is 283 Å². The fourth-order valence-corrected chi connectivity index (χ4v) is 7.24. The molecule has 2 aromatic carbocycles. The molecule has 1 amide bonds. The van der Waals surface area contributed by atoms with Crippen molar-refractivity contribution >= 4 is 23.1 Å². The lowest BCUT2D eigenvalue weighted by Crippen LogP contribution is -2.64. The summed E-state index contributed by atoms with van der Waals surface area (Å²) >= 11 is 0. The fraction of sp³-hybridized carbons (Fsp3) is 0.486. The first-order valence-electron chi connectivity index (χ1n) is 16.8. The van der Waals surface area contributed by atoms with Crippen LogP contribution >= 0.6 is 0 Å². The van der Waals surface area contributed by atoms with Crippen LogP contribution in [0, 0.1) is 0 Å². The minimum atomic E-state index is -3.20. The number of alkyl halides is 2. The number of halogens is 2. The third kappa shape index (κ3) is 6.58. The van der Waals surface area contributed by atoms with E-state index in [1.165, 1.54) is 10.9 Å². The second-order valence-corrected chi connectivity index (χ2v) is 14.2. The number of nitrogens with two attached hydrogens (primary N) is 1. The van der Waals surface area contributed by atoms with E-state index >= 15 is 8.78 Å². The van der Waals surface area contributed by atoms with E-state index in [0.29, 0.717) is 36.8 Å². The summed E-state index contributed by atoms with van der Waals surface area (Å²) in [5, 5.41) is 0. The molecule has 0 bridgehead atoms. The average Bonchev–Trinajstić information content (AvgIpc) is 3.32. The molecule has 0 unspecified atom stereocenters. The molecule has 7 rings (SSSR count). The summed E-state index contributed by atoms with van der Waals surface area (Å²) in [6.45, 7) is 8.31. The zero-order valence-electron chi connectivity index (χ0n) is 28.0. The predicted molar refractivity (Wildman–Crippen MR) is 180 cm³/mol. The Morgan fingerprint density at radius 2 is 1.55 bits per heavy atom. The van der Waals surface area contributed by atoms with Crippen molar-refractivity contribution in [1.29, 1.82) is 0 Å². The molecule has 0 aliphatic carbocycles. The first-order chi connectivity index (χ1) is 23.4. The van der Waals surface area contributed by atoms with Crippen LogP contribution in [0.3, 0.4) is 0 Å². The smallest absolute Gasteiger partial charge is 0.410 e. The molecule has 5 heterocycles. The number of piperidine rings is 2. The Kier molecular flexibility index (Phi) is 8.55. The van der Waals surface area contributed by atoms with Gasteiger partial charge in [0.2, 0.25) is 0 Å². The zero-order chi connectivity index (χ0) is 34.5. The van der Waals surface area contributed by atoms with E-state index in [-0.39, 0.29) is 41.6 Å². The maximum absolute atomic E-state index is 16.2. The number of amides is 1. The number of para-hydroxylation sites is 1. The number of fused-ring (bicyclic) bond motifs is 1. The monoisotopic (exact) mass is 676 g/mol. The van der Waals surface area contributed by atoms with Crippen molar-refractivity contribution in [3.8, 4) is 17.2 Å². The molecule has 3 saturated heterocycles. The van der Waals surface area contributed by atoms with Gasteiger partial charge in [-0.1, -0.05) is 18.2 Å². The molecule has 3 aliphatic rings. The lowest BCUT2D eigenvalue weighted by molar-refractivity contribution is -0.118. The van der Waals surface area contributed by atoms with Crippen LogP contribution in [0.5, 0.6) is 11.5 Å². The van der Waals surface area contributed by atoms with Crippen LogP contribution in [0.2, 0.25) is 0 Å². The molecular formula is C35H42F2N8O4.